The van der Waals surface area contributed by atoms with Crippen LogP contribution in [-0.2, 0) is 20.8 Å². The summed E-state index contributed by atoms with van der Waals surface area (Å²) < 4.78 is 39.5. The van der Waals surface area contributed by atoms with E-state index in [9.17, 15) is 27.6 Å². The first kappa shape index (κ1) is 29.9. The van der Waals surface area contributed by atoms with Gasteiger partial charge in [-0.3, -0.25) is 14.4 Å². The van der Waals surface area contributed by atoms with Crippen LogP contribution in [0.15, 0.2) is 84.9 Å². The molecule has 9 heteroatoms. The topological polar surface area (TPSA) is 75.3 Å². The Morgan fingerprint density at radius 2 is 1.41 bits per heavy atom. The summed E-state index contributed by atoms with van der Waals surface area (Å²) in [4.78, 5) is 38.6. The van der Waals surface area contributed by atoms with Crippen molar-refractivity contribution in [1.29, 1.82) is 0 Å². The first-order valence-electron chi connectivity index (χ1n) is 12.5. The number of hydrogen-bond acceptors (Lipinski definition) is 3. The van der Waals surface area contributed by atoms with Crippen molar-refractivity contribution in [2.45, 2.75) is 50.9 Å². The maximum Gasteiger partial charge on any atom is 0.452 e. The Kier molecular flexibility index (Phi) is 10.3. The van der Waals surface area contributed by atoms with Crippen molar-refractivity contribution in [2.24, 2.45) is 5.92 Å². The van der Waals surface area contributed by atoms with Crippen LogP contribution in [0.2, 0.25) is 5.02 Å². The number of ketones is 1. The molecule has 0 heterocycles. The van der Waals surface area contributed by atoms with Crippen molar-refractivity contribution in [3.63, 3.8) is 0 Å². The van der Waals surface area contributed by atoms with Gasteiger partial charge in [-0.15, -0.1) is 0 Å². The molecule has 0 aliphatic rings. The summed E-state index contributed by atoms with van der Waals surface area (Å²) in [6.07, 6.45) is -5.13. The number of benzene rings is 3. The molecule has 0 aliphatic heterocycles. The van der Waals surface area contributed by atoms with Crippen molar-refractivity contribution >= 4 is 29.2 Å². The third-order valence-corrected chi connectivity index (χ3v) is 6.54. The van der Waals surface area contributed by atoms with Gasteiger partial charge in [0.05, 0.1) is 6.04 Å². The largest absolute Gasteiger partial charge is 0.452 e. The van der Waals surface area contributed by atoms with Crippen molar-refractivity contribution in [2.75, 3.05) is 0 Å². The zero-order valence-corrected chi connectivity index (χ0v) is 22.3. The van der Waals surface area contributed by atoms with E-state index in [4.69, 9.17) is 11.6 Å². The first-order valence-corrected chi connectivity index (χ1v) is 12.9. The van der Waals surface area contributed by atoms with Crippen molar-refractivity contribution in [1.82, 2.24) is 10.6 Å². The predicted molar refractivity (Wildman–Crippen MR) is 144 cm³/mol. The van der Waals surface area contributed by atoms with Crippen LogP contribution in [0.5, 0.6) is 0 Å². The highest BCUT2D eigenvalue weighted by molar-refractivity contribution is 6.30. The molecule has 0 aromatic heterocycles. The number of alkyl halides is 3. The smallest absolute Gasteiger partial charge is 0.344 e. The minimum Gasteiger partial charge on any atom is -0.344 e. The summed E-state index contributed by atoms with van der Waals surface area (Å²) in [5.41, 5.74) is 2.34. The van der Waals surface area contributed by atoms with Gasteiger partial charge in [0.1, 0.15) is 6.04 Å². The van der Waals surface area contributed by atoms with Gasteiger partial charge in [-0.1, -0.05) is 98.2 Å². The van der Waals surface area contributed by atoms with Gasteiger partial charge in [-0.25, -0.2) is 0 Å². The summed E-state index contributed by atoms with van der Waals surface area (Å²) in [6, 6.07) is 22.2. The van der Waals surface area contributed by atoms with E-state index in [1.54, 1.807) is 48.5 Å². The molecule has 206 valence electrons. The maximum atomic E-state index is 13.3. The lowest BCUT2D eigenvalue weighted by Gasteiger charge is -2.26. The van der Waals surface area contributed by atoms with Gasteiger partial charge in [0.15, 0.2) is 0 Å². The Balaban J connectivity index is 1.86. The van der Waals surface area contributed by atoms with E-state index in [0.29, 0.717) is 10.6 Å². The Morgan fingerprint density at radius 1 is 0.821 bits per heavy atom. The molecule has 5 nitrogen and oxygen atoms in total. The second kappa shape index (κ2) is 13.4. The Morgan fingerprint density at radius 3 is 1.97 bits per heavy atom. The monoisotopic (exact) mass is 558 g/mol. The van der Waals surface area contributed by atoms with Crippen molar-refractivity contribution in [3.05, 3.63) is 107 Å². The number of rotatable bonds is 11. The van der Waals surface area contributed by atoms with Gasteiger partial charge in [0.2, 0.25) is 11.8 Å². The van der Waals surface area contributed by atoms with Gasteiger partial charge < -0.3 is 10.6 Å². The Labute approximate surface area is 230 Å². The number of halogens is 4. The average Bonchev–Trinajstić information content (AvgIpc) is 2.90. The molecule has 3 atom stereocenters. The molecule has 39 heavy (non-hydrogen) atoms. The number of carbonyl (C=O) groups is 3. The second-order valence-electron chi connectivity index (χ2n) is 9.62. The van der Waals surface area contributed by atoms with Crippen LogP contribution in [-0.4, -0.2) is 35.9 Å². The van der Waals surface area contributed by atoms with E-state index in [-0.39, 0.29) is 18.8 Å². The molecule has 2 amide bonds. The fourth-order valence-corrected chi connectivity index (χ4v) is 4.50. The highest BCUT2D eigenvalue weighted by Gasteiger charge is 2.45. The lowest BCUT2D eigenvalue weighted by molar-refractivity contribution is -0.175. The van der Waals surface area contributed by atoms with E-state index in [0.717, 1.165) is 11.1 Å². The van der Waals surface area contributed by atoms with E-state index in [2.05, 4.69) is 10.6 Å². The summed E-state index contributed by atoms with van der Waals surface area (Å²) in [5.74, 6) is -4.60. The third kappa shape index (κ3) is 8.68. The van der Waals surface area contributed by atoms with Crippen LogP contribution in [0.1, 0.15) is 42.9 Å². The van der Waals surface area contributed by atoms with Crippen molar-refractivity contribution in [3.8, 4) is 0 Å². The molecule has 0 bridgehead atoms. The van der Waals surface area contributed by atoms with Gasteiger partial charge in [-0.2, -0.15) is 13.2 Å². The number of amides is 2. The van der Waals surface area contributed by atoms with Crippen LogP contribution in [0, 0.1) is 5.92 Å². The van der Waals surface area contributed by atoms with E-state index < -0.39 is 41.8 Å². The molecular weight excluding hydrogens is 529 g/mol. The normalized spacial score (nSPS) is 13.8. The summed E-state index contributed by atoms with van der Waals surface area (Å²) in [5, 5.41) is 5.43. The molecule has 3 aromatic rings. The van der Waals surface area contributed by atoms with Crippen LogP contribution >= 0.6 is 11.6 Å². The first-order chi connectivity index (χ1) is 18.5. The lowest BCUT2D eigenvalue weighted by Crippen LogP contribution is -2.56. The highest BCUT2D eigenvalue weighted by Crippen LogP contribution is 2.30. The van der Waals surface area contributed by atoms with Crippen LogP contribution in [0.25, 0.3) is 0 Å². The zero-order chi connectivity index (χ0) is 28.6. The van der Waals surface area contributed by atoms with Crippen LogP contribution in [0.4, 0.5) is 13.2 Å². The van der Waals surface area contributed by atoms with Gasteiger partial charge in [0, 0.05) is 23.8 Å². The summed E-state index contributed by atoms with van der Waals surface area (Å²) in [7, 11) is 0. The molecule has 2 N–H and O–H groups in total. The molecule has 0 fully saturated rings. The standard InChI is InChI=1S/C30H30ClF3N2O3/c1-19(2)27(28(38)30(32,33)34)36-29(39)25(16-20-10-5-3-6-11-20)35-26(37)18-24(21-12-7-4-8-13-21)22-14-9-15-23(31)17-22/h3-15,17,19,24-25,27H,16,18H2,1-2H3,(H,35,37)(H,36,39)/t24-,25-,27-/m0/s1. The number of hydrogen-bond donors (Lipinski definition) is 2. The number of nitrogens with one attached hydrogen (secondary N) is 2. The van der Waals surface area contributed by atoms with Crippen molar-refractivity contribution < 1.29 is 27.6 Å². The Bertz CT molecular complexity index is 1270. The third-order valence-electron chi connectivity index (χ3n) is 6.30. The predicted octanol–water partition coefficient (Wildman–Crippen LogP) is 5.86. The number of Topliss-reactive ketones (excluding diaryl/α,β-unsaturated/α-hetero) is 1. The lowest BCUT2D eigenvalue weighted by atomic mass is 9.88. The SMILES string of the molecule is CC(C)[C@H](NC(=O)[C@H](Cc1ccccc1)NC(=O)C[C@@H](c1ccccc1)c1cccc(Cl)c1)C(=O)C(F)(F)F. The van der Waals surface area contributed by atoms with Crippen LogP contribution in [0.3, 0.4) is 0 Å². The second-order valence-corrected chi connectivity index (χ2v) is 10.1. The fraction of sp³-hybridized carbons (Fsp3) is 0.300. The van der Waals surface area contributed by atoms with Gasteiger partial charge >= 0.3 is 6.18 Å². The van der Waals surface area contributed by atoms with Gasteiger partial charge in [-0.05, 0) is 34.7 Å². The minimum absolute atomic E-state index is 0.0244. The van der Waals surface area contributed by atoms with Gasteiger partial charge in [0.25, 0.3) is 5.78 Å². The minimum atomic E-state index is -5.11. The van der Waals surface area contributed by atoms with E-state index in [1.165, 1.54) is 13.8 Å². The molecule has 0 radical (unpaired) electrons. The highest BCUT2D eigenvalue weighted by atomic mass is 35.5. The van der Waals surface area contributed by atoms with E-state index in [1.807, 2.05) is 36.4 Å². The zero-order valence-electron chi connectivity index (χ0n) is 21.5. The fourth-order valence-electron chi connectivity index (χ4n) is 4.30. The number of carbonyl (C=O) groups excluding carboxylic acids is 3. The molecule has 0 saturated carbocycles. The molecule has 0 spiro atoms. The molecule has 0 unspecified atom stereocenters. The van der Waals surface area contributed by atoms with E-state index >= 15 is 0 Å². The molecule has 3 rings (SSSR count). The quantitative estimate of drug-likeness (QED) is 0.309. The molecular formula is C30H30ClF3N2O3. The van der Waals surface area contributed by atoms with Crippen LogP contribution < -0.4 is 10.6 Å². The molecule has 0 aliphatic carbocycles. The molecule has 0 saturated heterocycles. The molecule has 3 aromatic carbocycles. The Hall–Kier alpha value is -3.65. The average molecular weight is 559 g/mol. The maximum absolute atomic E-state index is 13.3. The summed E-state index contributed by atoms with van der Waals surface area (Å²) in [6.45, 7) is 2.82. The summed E-state index contributed by atoms with van der Waals surface area (Å²) >= 11 is 6.20.